The van der Waals surface area contributed by atoms with E-state index < -0.39 is 0 Å². The van der Waals surface area contributed by atoms with Crippen LogP contribution in [0.3, 0.4) is 0 Å². The minimum atomic E-state index is -0.203. The van der Waals surface area contributed by atoms with Crippen LogP contribution in [0.4, 0.5) is 0 Å². The van der Waals surface area contributed by atoms with Crippen molar-refractivity contribution in [3.05, 3.63) is 72.0 Å². The summed E-state index contributed by atoms with van der Waals surface area (Å²) in [6, 6.07) is 17.0. The van der Waals surface area contributed by atoms with E-state index >= 15 is 0 Å². The van der Waals surface area contributed by atoms with Gasteiger partial charge in [-0.1, -0.05) is 30.3 Å². The van der Waals surface area contributed by atoms with Gasteiger partial charge >= 0.3 is 0 Å². The molecule has 3 aromatic rings. The third-order valence-electron chi connectivity index (χ3n) is 3.77. The summed E-state index contributed by atoms with van der Waals surface area (Å²) in [5, 5.41) is 3.94. The van der Waals surface area contributed by atoms with Crippen molar-refractivity contribution in [2.45, 2.75) is 13.0 Å². The molecule has 4 heteroatoms. The molecule has 24 heavy (non-hydrogen) atoms. The molecule has 1 heterocycles. The van der Waals surface area contributed by atoms with Crippen LogP contribution in [0.25, 0.3) is 17.0 Å². The van der Waals surface area contributed by atoms with Gasteiger partial charge in [-0.2, -0.15) is 0 Å². The molecule has 4 nitrogen and oxygen atoms in total. The first-order valence-electron chi connectivity index (χ1n) is 7.77. The van der Waals surface area contributed by atoms with Gasteiger partial charge in [0.25, 0.3) is 0 Å². The maximum atomic E-state index is 12.1. The van der Waals surface area contributed by atoms with Crippen LogP contribution in [-0.4, -0.2) is 13.0 Å². The lowest BCUT2D eigenvalue weighted by Gasteiger charge is -2.09. The molecule has 0 unspecified atom stereocenters. The molecule has 0 saturated carbocycles. The first-order valence-corrected chi connectivity index (χ1v) is 7.77. The summed E-state index contributed by atoms with van der Waals surface area (Å²) in [4.78, 5) is 12.1. The van der Waals surface area contributed by atoms with Crippen molar-refractivity contribution in [2.24, 2.45) is 0 Å². The number of ether oxygens (including phenoxy) is 1. The van der Waals surface area contributed by atoms with Crippen LogP contribution in [0.2, 0.25) is 0 Å². The molecular weight excluding hydrogens is 302 g/mol. The first-order chi connectivity index (χ1) is 11.7. The molecule has 0 aliphatic carbocycles. The molecular formula is C20H19NO3. The fourth-order valence-corrected chi connectivity index (χ4v) is 2.44. The van der Waals surface area contributed by atoms with Crippen molar-refractivity contribution in [1.82, 2.24) is 5.32 Å². The van der Waals surface area contributed by atoms with Gasteiger partial charge < -0.3 is 14.5 Å². The smallest absolute Gasteiger partial charge is 0.244 e. The second-order valence-corrected chi connectivity index (χ2v) is 5.52. The Hall–Kier alpha value is -3.01. The molecule has 0 bridgehead atoms. The van der Waals surface area contributed by atoms with Gasteiger partial charge in [-0.25, -0.2) is 0 Å². The monoisotopic (exact) mass is 321 g/mol. The van der Waals surface area contributed by atoms with Crippen molar-refractivity contribution in [1.29, 1.82) is 0 Å². The maximum absolute atomic E-state index is 12.1. The van der Waals surface area contributed by atoms with Gasteiger partial charge in [0.05, 0.1) is 13.2 Å². The number of furan rings is 1. The minimum Gasteiger partial charge on any atom is -0.497 e. The summed E-state index contributed by atoms with van der Waals surface area (Å²) < 4.78 is 10.9. The highest BCUT2D eigenvalue weighted by molar-refractivity contribution is 5.92. The molecule has 122 valence electrons. The zero-order chi connectivity index (χ0) is 16.9. The zero-order valence-corrected chi connectivity index (χ0v) is 13.7. The summed E-state index contributed by atoms with van der Waals surface area (Å²) in [6.07, 6.45) is 3.28. The van der Waals surface area contributed by atoms with Crippen LogP contribution < -0.4 is 10.1 Å². The number of carbonyl (C=O) groups is 1. The Kier molecular flexibility index (Phi) is 4.66. The standard InChI is InChI=1S/C20H19NO3/c1-14(19-13-16-5-3-4-6-18(16)24-19)21-20(22)12-9-15-7-10-17(23-2)11-8-15/h3-14H,1-2H3,(H,21,22)/b12-9+/t14-/m0/s1. The first kappa shape index (κ1) is 15.9. The lowest BCUT2D eigenvalue weighted by molar-refractivity contribution is -0.117. The molecule has 0 aliphatic rings. The van der Waals surface area contributed by atoms with E-state index in [-0.39, 0.29) is 11.9 Å². The predicted molar refractivity (Wildman–Crippen MR) is 94.8 cm³/mol. The maximum Gasteiger partial charge on any atom is 0.244 e. The summed E-state index contributed by atoms with van der Waals surface area (Å²) in [5.41, 5.74) is 1.75. The summed E-state index contributed by atoms with van der Waals surface area (Å²) >= 11 is 0. The fraction of sp³-hybridized carbons (Fsp3) is 0.150. The van der Waals surface area contributed by atoms with E-state index in [1.165, 1.54) is 6.08 Å². The van der Waals surface area contributed by atoms with Crippen LogP contribution in [0.1, 0.15) is 24.3 Å². The van der Waals surface area contributed by atoms with E-state index in [4.69, 9.17) is 9.15 Å². The predicted octanol–water partition coefficient (Wildman–Crippen LogP) is 4.33. The third kappa shape index (κ3) is 3.66. The fourth-order valence-electron chi connectivity index (χ4n) is 2.44. The zero-order valence-electron chi connectivity index (χ0n) is 13.7. The molecule has 1 amide bonds. The third-order valence-corrected chi connectivity index (χ3v) is 3.77. The highest BCUT2D eigenvalue weighted by Crippen LogP contribution is 2.23. The molecule has 0 aliphatic heterocycles. The van der Waals surface area contributed by atoms with Gasteiger partial charge in [0.1, 0.15) is 17.1 Å². The number of methoxy groups -OCH3 is 1. The molecule has 1 atom stereocenters. The minimum absolute atomic E-state index is 0.168. The topological polar surface area (TPSA) is 51.5 Å². The van der Waals surface area contributed by atoms with E-state index in [1.807, 2.05) is 61.5 Å². The number of benzene rings is 2. The summed E-state index contributed by atoms with van der Waals surface area (Å²) in [6.45, 7) is 1.90. The summed E-state index contributed by atoms with van der Waals surface area (Å²) in [5.74, 6) is 1.36. The van der Waals surface area contributed by atoms with Gasteiger partial charge in [-0.3, -0.25) is 4.79 Å². The van der Waals surface area contributed by atoms with E-state index in [0.29, 0.717) is 0 Å². The van der Waals surface area contributed by atoms with E-state index in [9.17, 15) is 4.79 Å². The number of carbonyl (C=O) groups excluding carboxylic acids is 1. The lowest BCUT2D eigenvalue weighted by Crippen LogP contribution is -2.24. The Morgan fingerprint density at radius 2 is 1.92 bits per heavy atom. The van der Waals surface area contributed by atoms with Crippen LogP contribution in [-0.2, 0) is 4.79 Å². The largest absolute Gasteiger partial charge is 0.497 e. The molecule has 3 rings (SSSR count). The van der Waals surface area contributed by atoms with Gasteiger partial charge in [-0.15, -0.1) is 0 Å². The van der Waals surface area contributed by atoms with E-state index in [2.05, 4.69) is 5.32 Å². The highest BCUT2D eigenvalue weighted by Gasteiger charge is 2.12. The molecule has 1 N–H and O–H groups in total. The molecule has 2 aromatic carbocycles. The van der Waals surface area contributed by atoms with Gasteiger partial charge in [0.2, 0.25) is 5.91 Å². The molecule has 0 saturated heterocycles. The van der Waals surface area contributed by atoms with Crippen LogP contribution in [0.5, 0.6) is 5.75 Å². The van der Waals surface area contributed by atoms with Crippen LogP contribution in [0, 0.1) is 0 Å². The Morgan fingerprint density at radius 3 is 2.62 bits per heavy atom. The van der Waals surface area contributed by atoms with Crippen molar-refractivity contribution in [3.63, 3.8) is 0 Å². The average Bonchev–Trinajstić information content (AvgIpc) is 3.05. The number of hydrogen-bond acceptors (Lipinski definition) is 3. The lowest BCUT2D eigenvalue weighted by atomic mass is 10.2. The van der Waals surface area contributed by atoms with E-state index in [1.54, 1.807) is 13.2 Å². The number of nitrogens with one attached hydrogen (secondary N) is 1. The average molecular weight is 321 g/mol. The normalized spacial score (nSPS) is 12.4. The SMILES string of the molecule is COc1ccc(/C=C/C(=O)N[C@@H](C)c2cc3ccccc3o2)cc1. The van der Waals surface area contributed by atoms with Crippen LogP contribution >= 0.6 is 0 Å². The number of hydrogen-bond donors (Lipinski definition) is 1. The van der Waals surface area contributed by atoms with Gasteiger partial charge in [0.15, 0.2) is 0 Å². The van der Waals surface area contributed by atoms with Gasteiger partial charge in [-0.05, 0) is 42.8 Å². The number of amides is 1. The van der Waals surface area contributed by atoms with Crippen molar-refractivity contribution in [3.8, 4) is 5.75 Å². The van der Waals surface area contributed by atoms with E-state index in [0.717, 1.165) is 28.0 Å². The number of fused-ring (bicyclic) bond motifs is 1. The summed E-state index contributed by atoms with van der Waals surface area (Å²) in [7, 11) is 1.62. The Bertz CT molecular complexity index is 829. The van der Waals surface area contributed by atoms with Crippen molar-refractivity contribution >= 4 is 23.0 Å². The molecule has 0 spiro atoms. The highest BCUT2D eigenvalue weighted by atomic mass is 16.5. The second kappa shape index (κ2) is 7.04. The molecule has 1 aromatic heterocycles. The molecule has 0 radical (unpaired) electrons. The second-order valence-electron chi connectivity index (χ2n) is 5.52. The Labute approximate surface area is 140 Å². The Balaban J connectivity index is 1.63. The molecule has 0 fully saturated rings. The van der Waals surface area contributed by atoms with Crippen molar-refractivity contribution < 1.29 is 13.9 Å². The Morgan fingerprint density at radius 1 is 1.17 bits per heavy atom. The van der Waals surface area contributed by atoms with Crippen molar-refractivity contribution in [2.75, 3.05) is 7.11 Å². The number of para-hydroxylation sites is 1. The van der Waals surface area contributed by atoms with Gasteiger partial charge in [0, 0.05) is 11.5 Å². The quantitative estimate of drug-likeness (QED) is 0.712. The van der Waals surface area contributed by atoms with Crippen LogP contribution in [0.15, 0.2) is 65.1 Å². The number of rotatable bonds is 5.